The van der Waals surface area contributed by atoms with Gasteiger partial charge in [0.2, 0.25) is 0 Å². The van der Waals surface area contributed by atoms with Crippen LogP contribution < -0.4 is 11.0 Å². The second kappa shape index (κ2) is 7.46. The van der Waals surface area contributed by atoms with Crippen LogP contribution in [-0.2, 0) is 4.79 Å². The smallest absolute Gasteiger partial charge is 0.323 e. The minimum Gasteiger partial charge on any atom is -0.510 e. The van der Waals surface area contributed by atoms with Crippen LogP contribution in [0.1, 0.15) is 12.5 Å². The summed E-state index contributed by atoms with van der Waals surface area (Å²) in [6, 6.07) is 9.96. The average Bonchev–Trinajstić information content (AvgIpc) is 2.97. The van der Waals surface area contributed by atoms with Gasteiger partial charge in [-0.15, -0.1) is 5.11 Å². The summed E-state index contributed by atoms with van der Waals surface area (Å²) in [5, 5.41) is 20.8. The molecule has 0 saturated carbocycles. The van der Waals surface area contributed by atoms with Crippen LogP contribution in [-0.4, -0.2) is 21.0 Å². The lowest BCUT2D eigenvalue weighted by Gasteiger charge is -2.09. The number of imidazole rings is 1. The number of nitrogens with one attached hydrogen (secondary N) is 3. The third kappa shape index (κ3) is 4.24. The van der Waals surface area contributed by atoms with E-state index in [-0.39, 0.29) is 17.1 Å². The lowest BCUT2D eigenvalue weighted by atomic mass is 10.2. The Hall–Kier alpha value is -3.39. The molecule has 1 aromatic heterocycles. The van der Waals surface area contributed by atoms with Gasteiger partial charge in [0.1, 0.15) is 5.76 Å². The number of carbonyl (C=O) groups is 1. The van der Waals surface area contributed by atoms with Crippen LogP contribution >= 0.6 is 11.6 Å². The van der Waals surface area contributed by atoms with Crippen LogP contribution in [0.5, 0.6) is 0 Å². The molecule has 0 atom stereocenters. The molecule has 0 radical (unpaired) electrons. The van der Waals surface area contributed by atoms with Gasteiger partial charge in [0.05, 0.1) is 16.7 Å². The van der Waals surface area contributed by atoms with Crippen molar-refractivity contribution in [1.29, 1.82) is 0 Å². The number of amides is 1. The Morgan fingerprint density at radius 3 is 2.63 bits per heavy atom. The van der Waals surface area contributed by atoms with Gasteiger partial charge >= 0.3 is 5.69 Å². The van der Waals surface area contributed by atoms with Crippen LogP contribution in [0.15, 0.2) is 62.9 Å². The fraction of sp³-hybridized carbons (Fsp3) is 0.111. The minimum absolute atomic E-state index is 0.239. The van der Waals surface area contributed by atoms with Crippen LogP contribution in [0.2, 0.25) is 5.02 Å². The zero-order chi connectivity index (χ0) is 19.6. The maximum atomic E-state index is 12.5. The topological polar surface area (TPSA) is 123 Å². The highest BCUT2D eigenvalue weighted by Crippen LogP contribution is 2.23. The number of hydrogen-bond acceptors (Lipinski definition) is 5. The molecule has 0 aliphatic rings. The maximum Gasteiger partial charge on any atom is 0.323 e. The third-order valence-corrected chi connectivity index (χ3v) is 4.01. The molecule has 8 nitrogen and oxygen atoms in total. The van der Waals surface area contributed by atoms with Crippen LogP contribution in [0.4, 0.5) is 11.4 Å². The van der Waals surface area contributed by atoms with E-state index in [0.29, 0.717) is 27.4 Å². The molecule has 2 aromatic carbocycles. The Morgan fingerprint density at radius 1 is 1.15 bits per heavy atom. The van der Waals surface area contributed by atoms with Crippen molar-refractivity contribution in [3.05, 3.63) is 68.9 Å². The van der Waals surface area contributed by atoms with Crippen molar-refractivity contribution in [1.82, 2.24) is 9.97 Å². The van der Waals surface area contributed by atoms with Gasteiger partial charge in [-0.3, -0.25) is 4.79 Å². The standard InChI is InChI=1S/C18H16ClN5O3/c1-9-3-4-11(19)7-14(9)20-17(26)16(10(2)25)24-23-12-5-6-13-15(8-12)22-18(27)21-13/h3-8,25H,1-2H3,(H,20,26)(H2,21,22,27). The number of nitrogens with zero attached hydrogens (tertiary/aromatic N) is 2. The molecule has 1 amide bonds. The first-order valence-electron chi connectivity index (χ1n) is 7.94. The number of hydrogen-bond donors (Lipinski definition) is 4. The van der Waals surface area contributed by atoms with E-state index in [9.17, 15) is 14.7 Å². The minimum atomic E-state index is -0.625. The quantitative estimate of drug-likeness (QED) is 0.303. The highest BCUT2D eigenvalue weighted by atomic mass is 35.5. The number of aliphatic hydroxyl groups excluding tert-OH is 1. The molecule has 0 aliphatic carbocycles. The Bertz CT molecular complexity index is 1140. The predicted molar refractivity (Wildman–Crippen MR) is 104 cm³/mol. The number of aromatic amines is 2. The fourth-order valence-corrected chi connectivity index (χ4v) is 2.56. The van der Waals surface area contributed by atoms with E-state index in [4.69, 9.17) is 11.6 Å². The van der Waals surface area contributed by atoms with Crippen molar-refractivity contribution in [3.8, 4) is 0 Å². The average molecular weight is 386 g/mol. The maximum absolute atomic E-state index is 12.5. The normalized spacial score (nSPS) is 12.4. The number of benzene rings is 2. The molecule has 0 saturated heterocycles. The van der Waals surface area contributed by atoms with Crippen molar-refractivity contribution >= 4 is 39.9 Å². The zero-order valence-electron chi connectivity index (χ0n) is 14.5. The number of aromatic nitrogens is 2. The molecule has 0 fully saturated rings. The van der Waals surface area contributed by atoms with Gasteiger partial charge in [-0.2, -0.15) is 5.11 Å². The molecule has 27 heavy (non-hydrogen) atoms. The number of carbonyl (C=O) groups excluding carboxylic acids is 1. The van der Waals surface area contributed by atoms with Crippen molar-refractivity contribution in [2.45, 2.75) is 13.8 Å². The molecule has 138 valence electrons. The number of azo groups is 1. The first-order chi connectivity index (χ1) is 12.8. The Morgan fingerprint density at radius 2 is 1.89 bits per heavy atom. The van der Waals surface area contributed by atoms with E-state index in [1.165, 1.54) is 6.92 Å². The number of allylic oxidation sites excluding steroid dienone is 1. The monoisotopic (exact) mass is 385 g/mol. The van der Waals surface area contributed by atoms with E-state index < -0.39 is 5.91 Å². The molecule has 1 heterocycles. The molecule has 0 bridgehead atoms. The predicted octanol–water partition coefficient (Wildman–Crippen LogP) is 4.33. The molecular formula is C18H16ClN5O3. The van der Waals surface area contributed by atoms with E-state index >= 15 is 0 Å². The highest BCUT2D eigenvalue weighted by molar-refractivity contribution is 6.31. The fourth-order valence-electron chi connectivity index (χ4n) is 2.38. The third-order valence-electron chi connectivity index (χ3n) is 3.77. The summed E-state index contributed by atoms with van der Waals surface area (Å²) in [6.45, 7) is 3.15. The summed E-state index contributed by atoms with van der Waals surface area (Å²) >= 11 is 5.95. The number of H-pyrrole nitrogens is 2. The molecule has 0 unspecified atom stereocenters. The number of aliphatic hydroxyl groups is 1. The van der Waals surface area contributed by atoms with E-state index in [2.05, 4.69) is 25.5 Å². The van der Waals surface area contributed by atoms with Gasteiger partial charge in [-0.1, -0.05) is 17.7 Å². The van der Waals surface area contributed by atoms with Gasteiger partial charge in [-0.25, -0.2) is 4.79 Å². The van der Waals surface area contributed by atoms with Crippen LogP contribution in [0, 0.1) is 6.92 Å². The van der Waals surface area contributed by atoms with Crippen LogP contribution in [0.25, 0.3) is 11.0 Å². The molecule has 0 spiro atoms. The van der Waals surface area contributed by atoms with Crippen molar-refractivity contribution in [3.63, 3.8) is 0 Å². The zero-order valence-corrected chi connectivity index (χ0v) is 15.3. The van der Waals surface area contributed by atoms with Crippen molar-refractivity contribution < 1.29 is 9.90 Å². The summed E-state index contributed by atoms with van der Waals surface area (Å²) in [6.07, 6.45) is 0. The molecular weight excluding hydrogens is 370 g/mol. The Labute approximate surface area is 158 Å². The Balaban J connectivity index is 1.85. The van der Waals surface area contributed by atoms with Gasteiger partial charge in [-0.05, 0) is 49.7 Å². The number of aryl methyl sites for hydroxylation is 1. The lowest BCUT2D eigenvalue weighted by molar-refractivity contribution is -0.113. The highest BCUT2D eigenvalue weighted by Gasteiger charge is 2.14. The molecule has 0 aliphatic heterocycles. The summed E-state index contributed by atoms with van der Waals surface area (Å²) < 4.78 is 0. The molecule has 3 aromatic rings. The van der Waals surface area contributed by atoms with Gasteiger partial charge < -0.3 is 20.4 Å². The van der Waals surface area contributed by atoms with Crippen molar-refractivity contribution in [2.24, 2.45) is 10.2 Å². The van der Waals surface area contributed by atoms with E-state index in [1.807, 2.05) is 6.92 Å². The lowest BCUT2D eigenvalue weighted by Crippen LogP contribution is -2.15. The first-order valence-corrected chi connectivity index (χ1v) is 8.32. The van der Waals surface area contributed by atoms with Crippen molar-refractivity contribution in [2.75, 3.05) is 5.32 Å². The van der Waals surface area contributed by atoms with Gasteiger partial charge in [0.15, 0.2) is 5.70 Å². The SMILES string of the molecule is CC(O)=C(N=Nc1ccc2[nH]c(=O)[nH]c2c1)C(=O)Nc1cc(Cl)ccc1C. The largest absolute Gasteiger partial charge is 0.510 e. The number of rotatable bonds is 4. The molecule has 4 N–H and O–H groups in total. The van der Waals surface area contributed by atoms with Gasteiger partial charge in [0, 0.05) is 10.7 Å². The number of anilines is 1. The second-order valence-electron chi connectivity index (χ2n) is 5.86. The first kappa shape index (κ1) is 18.4. The van der Waals surface area contributed by atoms with E-state index in [0.717, 1.165) is 5.56 Å². The van der Waals surface area contributed by atoms with E-state index in [1.54, 1.807) is 36.4 Å². The summed E-state index contributed by atoms with van der Waals surface area (Å²) in [4.78, 5) is 29.0. The number of halogens is 1. The Kier molecular flexibility index (Phi) is 5.09. The van der Waals surface area contributed by atoms with Gasteiger partial charge in [0.25, 0.3) is 5.91 Å². The summed E-state index contributed by atoms with van der Waals surface area (Å²) in [5.41, 5.74) is 2.33. The molecule has 9 heteroatoms. The van der Waals surface area contributed by atoms with Crippen LogP contribution in [0.3, 0.4) is 0 Å². The molecule has 3 rings (SSSR count). The summed E-state index contributed by atoms with van der Waals surface area (Å²) in [7, 11) is 0. The number of fused-ring (bicyclic) bond motifs is 1. The summed E-state index contributed by atoms with van der Waals surface area (Å²) in [5.74, 6) is -0.910. The second-order valence-corrected chi connectivity index (χ2v) is 6.29.